The first kappa shape index (κ1) is 19.8. The summed E-state index contributed by atoms with van der Waals surface area (Å²) in [4.78, 5) is 4.50. The van der Waals surface area contributed by atoms with Crippen molar-refractivity contribution < 1.29 is 4.74 Å². The molecule has 0 spiro atoms. The summed E-state index contributed by atoms with van der Waals surface area (Å²) in [6.45, 7) is 11.9. The van der Waals surface area contributed by atoms with E-state index in [-0.39, 0.29) is 30.1 Å². The lowest BCUT2D eigenvalue weighted by Crippen LogP contribution is -2.38. The number of benzene rings is 1. The van der Waals surface area contributed by atoms with Gasteiger partial charge in [-0.05, 0) is 32.4 Å². The molecule has 0 bridgehead atoms. The van der Waals surface area contributed by atoms with Crippen LogP contribution in [0.2, 0.25) is 0 Å². The van der Waals surface area contributed by atoms with Gasteiger partial charge in [0.2, 0.25) is 0 Å². The Hall–Kier alpha value is -1.24. The number of ether oxygens (including phenoxy) is 1. The van der Waals surface area contributed by atoms with Crippen molar-refractivity contribution in [1.29, 1.82) is 0 Å². The van der Waals surface area contributed by atoms with Crippen LogP contribution >= 0.6 is 24.0 Å². The van der Waals surface area contributed by atoms with Gasteiger partial charge in [-0.1, -0.05) is 24.3 Å². The molecule has 0 aromatic heterocycles. The van der Waals surface area contributed by atoms with E-state index in [1.807, 2.05) is 45.0 Å². The molecule has 0 amide bonds. The highest BCUT2D eigenvalue weighted by atomic mass is 127. The molecule has 4 nitrogen and oxygen atoms in total. The van der Waals surface area contributed by atoms with E-state index < -0.39 is 0 Å². The first-order chi connectivity index (χ1) is 9.67. The summed E-state index contributed by atoms with van der Waals surface area (Å²) in [6, 6.07) is 8.01. The standard InChI is InChI=1S/C16H25N3O.HI/c1-5-11-18-16(17-6-2)19-12-14(4)20-15-10-8-7-9-13(15)3;/h5,7-10,14H,1,6,11-12H2,2-4H3,(H2,17,18,19);1H. The number of nitrogens with one attached hydrogen (secondary N) is 2. The number of halogens is 1. The van der Waals surface area contributed by atoms with Crippen LogP contribution in [-0.4, -0.2) is 31.7 Å². The van der Waals surface area contributed by atoms with Gasteiger partial charge < -0.3 is 15.4 Å². The summed E-state index contributed by atoms with van der Waals surface area (Å²) >= 11 is 0. The molecule has 5 heteroatoms. The van der Waals surface area contributed by atoms with E-state index in [0.717, 1.165) is 23.8 Å². The molecule has 1 unspecified atom stereocenters. The number of hydrogen-bond donors (Lipinski definition) is 2. The van der Waals surface area contributed by atoms with Gasteiger partial charge in [0.05, 0.1) is 6.54 Å². The van der Waals surface area contributed by atoms with Crippen LogP contribution in [0.1, 0.15) is 19.4 Å². The summed E-state index contributed by atoms with van der Waals surface area (Å²) in [6.07, 6.45) is 1.83. The molecule has 1 aromatic rings. The van der Waals surface area contributed by atoms with Gasteiger partial charge in [-0.3, -0.25) is 0 Å². The Morgan fingerprint density at radius 1 is 1.38 bits per heavy atom. The number of aliphatic imine (C=N–C) groups is 1. The van der Waals surface area contributed by atoms with Crippen LogP contribution < -0.4 is 15.4 Å². The normalized spacial score (nSPS) is 12.0. The number of hydrogen-bond acceptors (Lipinski definition) is 2. The topological polar surface area (TPSA) is 45.7 Å². The molecule has 0 saturated carbocycles. The number of para-hydroxylation sites is 1. The molecule has 0 aliphatic carbocycles. The molecule has 21 heavy (non-hydrogen) atoms. The summed E-state index contributed by atoms with van der Waals surface area (Å²) in [5, 5.41) is 6.35. The highest BCUT2D eigenvalue weighted by Crippen LogP contribution is 2.17. The molecule has 0 heterocycles. The minimum absolute atomic E-state index is 0. The Morgan fingerprint density at radius 2 is 2.10 bits per heavy atom. The van der Waals surface area contributed by atoms with Crippen molar-refractivity contribution in [1.82, 2.24) is 10.6 Å². The van der Waals surface area contributed by atoms with E-state index in [2.05, 4.69) is 22.2 Å². The highest BCUT2D eigenvalue weighted by Gasteiger charge is 2.06. The van der Waals surface area contributed by atoms with E-state index >= 15 is 0 Å². The Balaban J connectivity index is 0.00000400. The number of nitrogens with zero attached hydrogens (tertiary/aromatic N) is 1. The fourth-order valence-electron chi connectivity index (χ4n) is 1.67. The predicted octanol–water partition coefficient (Wildman–Crippen LogP) is 3.12. The van der Waals surface area contributed by atoms with Crippen molar-refractivity contribution in [2.75, 3.05) is 19.6 Å². The average Bonchev–Trinajstić information content (AvgIpc) is 2.44. The molecule has 0 aliphatic rings. The molecular formula is C16H26IN3O. The fraction of sp³-hybridized carbons (Fsp3) is 0.438. The molecule has 2 N–H and O–H groups in total. The smallest absolute Gasteiger partial charge is 0.191 e. The van der Waals surface area contributed by atoms with Crippen molar-refractivity contribution in [2.45, 2.75) is 26.9 Å². The largest absolute Gasteiger partial charge is 0.489 e. The zero-order chi connectivity index (χ0) is 14.8. The molecule has 1 aromatic carbocycles. The second kappa shape index (κ2) is 11.4. The van der Waals surface area contributed by atoms with Crippen molar-refractivity contribution in [3.8, 4) is 5.75 Å². The zero-order valence-corrected chi connectivity index (χ0v) is 15.4. The molecule has 0 aliphatic heterocycles. The molecular weight excluding hydrogens is 377 g/mol. The lowest BCUT2D eigenvalue weighted by Gasteiger charge is -2.16. The molecule has 1 atom stereocenters. The Kier molecular flexibility index (Phi) is 10.7. The summed E-state index contributed by atoms with van der Waals surface area (Å²) in [5.41, 5.74) is 1.14. The molecule has 118 valence electrons. The van der Waals surface area contributed by atoms with Crippen LogP contribution in [0.4, 0.5) is 0 Å². The summed E-state index contributed by atoms with van der Waals surface area (Å²) in [7, 11) is 0. The first-order valence-corrected chi connectivity index (χ1v) is 7.02. The highest BCUT2D eigenvalue weighted by molar-refractivity contribution is 14.0. The average molecular weight is 403 g/mol. The molecule has 0 saturated heterocycles. The van der Waals surface area contributed by atoms with Crippen molar-refractivity contribution in [3.05, 3.63) is 42.5 Å². The van der Waals surface area contributed by atoms with E-state index in [4.69, 9.17) is 4.74 Å². The van der Waals surface area contributed by atoms with Gasteiger partial charge in [-0.25, -0.2) is 4.99 Å². The Bertz CT molecular complexity index is 449. The van der Waals surface area contributed by atoms with Crippen LogP contribution in [-0.2, 0) is 0 Å². The number of guanidine groups is 1. The second-order valence-corrected chi connectivity index (χ2v) is 4.58. The maximum atomic E-state index is 5.90. The van der Waals surface area contributed by atoms with Gasteiger partial charge in [0.15, 0.2) is 5.96 Å². The van der Waals surface area contributed by atoms with Crippen molar-refractivity contribution in [3.63, 3.8) is 0 Å². The lowest BCUT2D eigenvalue weighted by atomic mass is 10.2. The van der Waals surface area contributed by atoms with E-state index in [0.29, 0.717) is 13.1 Å². The van der Waals surface area contributed by atoms with Crippen LogP contribution in [0.15, 0.2) is 41.9 Å². The minimum Gasteiger partial charge on any atom is -0.489 e. The Labute approximate surface area is 145 Å². The van der Waals surface area contributed by atoms with E-state index in [9.17, 15) is 0 Å². The quantitative estimate of drug-likeness (QED) is 0.318. The molecule has 0 fully saturated rings. The van der Waals surface area contributed by atoms with Crippen LogP contribution in [0, 0.1) is 6.92 Å². The zero-order valence-electron chi connectivity index (χ0n) is 13.1. The van der Waals surface area contributed by atoms with Gasteiger partial charge in [0.25, 0.3) is 0 Å². The fourth-order valence-corrected chi connectivity index (χ4v) is 1.67. The SMILES string of the molecule is C=CCNC(=NCC(C)Oc1ccccc1C)NCC.I. The van der Waals surface area contributed by atoms with E-state index in [1.54, 1.807) is 6.08 Å². The Morgan fingerprint density at radius 3 is 2.71 bits per heavy atom. The van der Waals surface area contributed by atoms with Gasteiger partial charge in [0, 0.05) is 13.1 Å². The maximum Gasteiger partial charge on any atom is 0.191 e. The third-order valence-electron chi connectivity index (χ3n) is 2.69. The minimum atomic E-state index is 0. The number of rotatable bonds is 7. The van der Waals surface area contributed by atoms with Gasteiger partial charge in [-0.2, -0.15) is 0 Å². The number of aryl methyl sites for hydroxylation is 1. The molecule has 1 rings (SSSR count). The third kappa shape index (κ3) is 7.94. The van der Waals surface area contributed by atoms with Gasteiger partial charge in [-0.15, -0.1) is 30.6 Å². The molecule has 0 radical (unpaired) electrons. The predicted molar refractivity (Wildman–Crippen MR) is 101 cm³/mol. The van der Waals surface area contributed by atoms with Crippen molar-refractivity contribution >= 4 is 29.9 Å². The van der Waals surface area contributed by atoms with Crippen LogP contribution in [0.25, 0.3) is 0 Å². The summed E-state index contributed by atoms with van der Waals surface area (Å²) < 4.78 is 5.90. The van der Waals surface area contributed by atoms with Crippen LogP contribution in [0.3, 0.4) is 0 Å². The lowest BCUT2D eigenvalue weighted by molar-refractivity contribution is 0.228. The van der Waals surface area contributed by atoms with Crippen LogP contribution in [0.5, 0.6) is 5.75 Å². The first-order valence-electron chi connectivity index (χ1n) is 7.02. The van der Waals surface area contributed by atoms with E-state index in [1.165, 1.54) is 0 Å². The van der Waals surface area contributed by atoms with Gasteiger partial charge >= 0.3 is 0 Å². The maximum absolute atomic E-state index is 5.90. The monoisotopic (exact) mass is 403 g/mol. The summed E-state index contributed by atoms with van der Waals surface area (Å²) in [5.74, 6) is 1.70. The van der Waals surface area contributed by atoms with Gasteiger partial charge in [0.1, 0.15) is 11.9 Å². The van der Waals surface area contributed by atoms with Crippen molar-refractivity contribution in [2.24, 2.45) is 4.99 Å². The second-order valence-electron chi connectivity index (χ2n) is 4.58. The third-order valence-corrected chi connectivity index (χ3v) is 2.69.